The van der Waals surface area contributed by atoms with E-state index in [1.54, 1.807) is 11.3 Å². The van der Waals surface area contributed by atoms with Gasteiger partial charge in [-0.2, -0.15) is 17.5 Å². The summed E-state index contributed by atoms with van der Waals surface area (Å²) in [6.45, 7) is 0. The molecule has 1 aromatic heterocycles. The second-order valence-electron chi connectivity index (χ2n) is 1.88. The van der Waals surface area contributed by atoms with Gasteiger partial charge in [0.05, 0.1) is 0 Å². The summed E-state index contributed by atoms with van der Waals surface area (Å²) in [5, 5.41) is 3.22. The summed E-state index contributed by atoms with van der Waals surface area (Å²) in [5.74, 6) is 0. The first-order valence-electron chi connectivity index (χ1n) is 3.07. The van der Waals surface area contributed by atoms with Gasteiger partial charge in [0.25, 0.3) is 0 Å². The van der Waals surface area contributed by atoms with Gasteiger partial charge in [0, 0.05) is 0 Å². The number of fused-ring (bicyclic) bond motifs is 1. The Kier molecular flexibility index (Phi) is 4.28. The minimum absolute atomic E-state index is 1.19. The molecule has 0 atom stereocenters. The molecular formula is C8H5BrSZn. The maximum absolute atomic E-state index is 3.14. The number of hydrogen-bond acceptors (Lipinski definition) is 1. The van der Waals surface area contributed by atoms with Crippen molar-refractivity contribution in [2.24, 2.45) is 0 Å². The van der Waals surface area contributed by atoms with Crippen molar-refractivity contribution in [1.29, 1.82) is 0 Å². The van der Waals surface area contributed by atoms with Crippen molar-refractivity contribution in [2.45, 2.75) is 0 Å². The minimum atomic E-state index is 1.19. The van der Waals surface area contributed by atoms with E-state index in [-0.39, 0.29) is 0 Å². The summed E-state index contributed by atoms with van der Waals surface area (Å²) in [4.78, 5) is 0. The third kappa shape index (κ3) is 2.36. The van der Waals surface area contributed by atoms with Gasteiger partial charge in [-0.3, -0.25) is 0 Å². The van der Waals surface area contributed by atoms with Crippen LogP contribution >= 0.6 is 25.0 Å². The number of hydrogen-bond donors (Lipinski definition) is 0. The van der Waals surface area contributed by atoms with Gasteiger partial charge in [0.1, 0.15) is 0 Å². The smallest absolute Gasteiger partial charge is 0.0762 e. The van der Waals surface area contributed by atoms with Crippen LogP contribution in [0.4, 0.5) is 0 Å². The summed E-state index contributed by atoms with van der Waals surface area (Å²) in [6.07, 6.45) is 0. The molecule has 2 rings (SSSR count). The van der Waals surface area contributed by atoms with Gasteiger partial charge < -0.3 is 0 Å². The summed E-state index contributed by atoms with van der Waals surface area (Å²) >= 11 is 5.98. The van der Waals surface area contributed by atoms with Crippen LogP contribution < -0.4 is 0 Å². The Bertz CT molecular complexity index is 288. The number of thiophene rings is 1. The number of benzene rings is 1. The molecule has 0 aliphatic rings. The monoisotopic (exact) mass is 276 g/mol. The van der Waals surface area contributed by atoms with Crippen molar-refractivity contribution < 1.29 is 16.3 Å². The molecule has 3 heteroatoms. The average molecular weight is 278 g/mol. The molecule has 0 aliphatic carbocycles. The number of halogens is 1. The second kappa shape index (κ2) is 5.02. The SMILES string of the molecule is [Zn+][Br].[c-]1csc2ccccc12. The van der Waals surface area contributed by atoms with Crippen LogP contribution in [0.25, 0.3) is 10.1 Å². The van der Waals surface area contributed by atoms with Crippen LogP contribution in [0.3, 0.4) is 0 Å². The molecule has 0 amide bonds. The zero-order valence-corrected chi connectivity index (χ0v) is 11.2. The van der Waals surface area contributed by atoms with E-state index in [1.807, 2.05) is 17.5 Å². The van der Waals surface area contributed by atoms with Crippen molar-refractivity contribution in [3.05, 3.63) is 35.7 Å². The van der Waals surface area contributed by atoms with Crippen molar-refractivity contribution in [3.63, 3.8) is 0 Å². The summed E-state index contributed by atoms with van der Waals surface area (Å²) in [7, 11) is 0. The first-order valence-corrected chi connectivity index (χ1v) is 10.9. The quantitative estimate of drug-likeness (QED) is 0.511. The average Bonchev–Trinajstić information content (AvgIpc) is 2.55. The molecule has 0 spiro atoms. The third-order valence-corrected chi connectivity index (χ3v) is 2.13. The van der Waals surface area contributed by atoms with E-state index in [2.05, 4.69) is 31.8 Å². The van der Waals surface area contributed by atoms with Crippen LogP contribution in [-0.2, 0) is 16.3 Å². The van der Waals surface area contributed by atoms with Crippen molar-refractivity contribution in [3.8, 4) is 0 Å². The maximum atomic E-state index is 3.14. The molecule has 0 saturated carbocycles. The maximum Gasteiger partial charge on any atom is -0.0762 e. The summed E-state index contributed by atoms with van der Waals surface area (Å²) in [5.41, 5.74) is 0. The molecule has 0 N–H and O–H groups in total. The van der Waals surface area contributed by atoms with Crippen LogP contribution in [0.2, 0.25) is 0 Å². The minimum Gasteiger partial charge on any atom is -0.226 e. The van der Waals surface area contributed by atoms with Gasteiger partial charge in [0.2, 0.25) is 0 Å². The molecule has 2 aromatic rings. The van der Waals surface area contributed by atoms with Crippen LogP contribution in [0.5, 0.6) is 0 Å². The molecule has 0 radical (unpaired) electrons. The molecule has 52 valence electrons. The first kappa shape index (κ1) is 9.37. The van der Waals surface area contributed by atoms with E-state index in [1.165, 1.54) is 26.4 Å². The normalized spacial score (nSPS) is 9.00. The second-order valence-corrected chi connectivity index (χ2v) is 2.79. The van der Waals surface area contributed by atoms with Crippen LogP contribution in [0, 0.1) is 6.07 Å². The Labute approximate surface area is 86.7 Å². The van der Waals surface area contributed by atoms with Crippen LogP contribution in [0.15, 0.2) is 29.6 Å². The molecule has 0 aliphatic heterocycles. The van der Waals surface area contributed by atoms with Gasteiger partial charge in [-0.25, -0.2) is 11.3 Å². The van der Waals surface area contributed by atoms with E-state index in [9.17, 15) is 0 Å². The zero-order valence-electron chi connectivity index (χ0n) is 5.88. The Morgan fingerprint density at radius 2 is 2.00 bits per heavy atom. The van der Waals surface area contributed by atoms with Gasteiger partial charge in [-0.15, -0.1) is 12.1 Å². The Balaban J connectivity index is 0.000000281. The third-order valence-electron chi connectivity index (χ3n) is 1.29. The van der Waals surface area contributed by atoms with Gasteiger partial charge in [0.15, 0.2) is 0 Å². The largest absolute Gasteiger partial charge is 0.226 e. The molecular weight excluding hydrogens is 273 g/mol. The predicted octanol–water partition coefficient (Wildman–Crippen LogP) is 3.54. The molecule has 0 nitrogen and oxygen atoms in total. The molecule has 0 fully saturated rings. The van der Waals surface area contributed by atoms with Crippen molar-refractivity contribution in [1.82, 2.24) is 0 Å². The fraction of sp³-hybridized carbons (Fsp3) is 0. The Morgan fingerprint density at radius 3 is 2.73 bits per heavy atom. The van der Waals surface area contributed by atoms with Crippen LogP contribution in [-0.4, -0.2) is 0 Å². The van der Waals surface area contributed by atoms with E-state index < -0.39 is 0 Å². The summed E-state index contributed by atoms with van der Waals surface area (Å²) < 4.78 is 1.32. The topological polar surface area (TPSA) is 0 Å². The Morgan fingerprint density at radius 1 is 1.27 bits per heavy atom. The van der Waals surface area contributed by atoms with Crippen molar-refractivity contribution >= 4 is 35.0 Å². The van der Waals surface area contributed by atoms with Gasteiger partial charge in [-0.1, -0.05) is 16.1 Å². The van der Waals surface area contributed by atoms with E-state index in [0.717, 1.165) is 0 Å². The van der Waals surface area contributed by atoms with Gasteiger partial charge in [-0.05, 0) is 0 Å². The number of rotatable bonds is 0. The molecule has 1 heterocycles. The molecule has 11 heavy (non-hydrogen) atoms. The molecule has 0 unspecified atom stereocenters. The summed E-state index contributed by atoms with van der Waals surface area (Å²) in [6, 6.07) is 11.4. The van der Waals surface area contributed by atoms with Crippen molar-refractivity contribution in [2.75, 3.05) is 0 Å². The molecule has 1 aromatic carbocycles. The van der Waals surface area contributed by atoms with E-state index in [0.29, 0.717) is 0 Å². The van der Waals surface area contributed by atoms with Gasteiger partial charge >= 0.3 is 30.0 Å². The fourth-order valence-corrected chi connectivity index (χ4v) is 1.57. The molecule has 0 saturated heterocycles. The predicted molar refractivity (Wildman–Crippen MR) is 49.6 cm³/mol. The standard InChI is InChI=1S/C8H5S.BrH.Zn/c1-2-4-8-7(3-1)5-6-9-8;;/h1-4,6H;1H;/q-1;;+2/p-1. The van der Waals surface area contributed by atoms with E-state index in [4.69, 9.17) is 0 Å². The molecule has 0 bridgehead atoms. The fourth-order valence-electron chi connectivity index (χ4n) is 0.845. The Hall–Kier alpha value is 0.283. The first-order chi connectivity index (χ1) is 5.47. The van der Waals surface area contributed by atoms with Crippen LogP contribution in [0.1, 0.15) is 0 Å². The zero-order chi connectivity index (χ0) is 8.10. The van der Waals surface area contributed by atoms with E-state index >= 15 is 0 Å².